The minimum absolute atomic E-state index is 0.299. The van der Waals surface area contributed by atoms with Crippen LogP contribution in [0, 0.1) is 0 Å². The summed E-state index contributed by atoms with van der Waals surface area (Å²) in [5.74, 6) is 1.84. The number of nitrogens with zero attached hydrogens (tertiary/aromatic N) is 2. The Morgan fingerprint density at radius 1 is 1.25 bits per heavy atom. The molecule has 1 saturated heterocycles. The van der Waals surface area contributed by atoms with E-state index >= 15 is 0 Å². The lowest BCUT2D eigenvalue weighted by atomic mass is 10.0. The molecule has 0 aliphatic carbocycles. The van der Waals surface area contributed by atoms with Crippen LogP contribution >= 0.6 is 0 Å². The van der Waals surface area contributed by atoms with Crippen molar-refractivity contribution < 1.29 is 4.74 Å². The van der Waals surface area contributed by atoms with Crippen LogP contribution < -0.4 is 15.4 Å². The zero-order valence-electron chi connectivity index (χ0n) is 15.3. The number of hydrogen-bond acceptors (Lipinski definition) is 3. The molecule has 2 N–H and O–H groups in total. The van der Waals surface area contributed by atoms with Crippen LogP contribution in [0.2, 0.25) is 0 Å². The fourth-order valence-electron chi connectivity index (χ4n) is 3.23. The van der Waals surface area contributed by atoms with E-state index in [0.29, 0.717) is 6.04 Å². The van der Waals surface area contributed by atoms with Crippen LogP contribution in [0.15, 0.2) is 29.3 Å². The molecule has 1 aromatic rings. The molecule has 0 radical (unpaired) electrons. The van der Waals surface area contributed by atoms with Crippen molar-refractivity contribution in [1.82, 2.24) is 15.5 Å². The first-order valence-corrected chi connectivity index (χ1v) is 9.11. The molecule has 1 aliphatic rings. The van der Waals surface area contributed by atoms with Crippen LogP contribution in [-0.2, 0) is 0 Å². The van der Waals surface area contributed by atoms with E-state index in [2.05, 4.69) is 39.6 Å². The molecule has 0 aromatic heterocycles. The number of guanidine groups is 1. The highest BCUT2D eigenvalue weighted by molar-refractivity contribution is 5.79. The Bertz CT molecular complexity index is 512. The van der Waals surface area contributed by atoms with Crippen molar-refractivity contribution in [1.29, 1.82) is 0 Å². The number of aliphatic imine (C=N–C) groups is 1. The molecule has 1 unspecified atom stereocenters. The number of nitrogens with one attached hydrogen (secondary N) is 2. The quantitative estimate of drug-likeness (QED) is 0.437. The SMILES string of the molecule is CCCCNC(=NC)NCC(c1ccccc1OC)N1CCCC1. The summed E-state index contributed by atoms with van der Waals surface area (Å²) in [5.41, 5.74) is 1.25. The Labute approximate surface area is 146 Å². The molecule has 0 amide bonds. The predicted molar refractivity (Wildman–Crippen MR) is 101 cm³/mol. The fraction of sp³-hybridized carbons (Fsp3) is 0.632. The van der Waals surface area contributed by atoms with Crippen molar-refractivity contribution in [3.63, 3.8) is 0 Å². The van der Waals surface area contributed by atoms with Gasteiger partial charge in [0.2, 0.25) is 0 Å². The summed E-state index contributed by atoms with van der Waals surface area (Å²) in [6.07, 6.45) is 4.88. The lowest BCUT2D eigenvalue weighted by molar-refractivity contribution is 0.239. The first-order valence-electron chi connectivity index (χ1n) is 9.11. The second-order valence-electron chi connectivity index (χ2n) is 6.23. The van der Waals surface area contributed by atoms with E-state index in [0.717, 1.165) is 44.3 Å². The molecular formula is C19H32N4O. The third-order valence-electron chi connectivity index (χ3n) is 4.59. The summed E-state index contributed by atoms with van der Waals surface area (Å²) < 4.78 is 5.60. The van der Waals surface area contributed by atoms with E-state index in [1.165, 1.54) is 24.8 Å². The topological polar surface area (TPSA) is 48.9 Å². The number of rotatable bonds is 8. The van der Waals surface area contributed by atoms with E-state index in [1.54, 1.807) is 7.11 Å². The molecule has 5 nitrogen and oxygen atoms in total. The first-order chi connectivity index (χ1) is 11.8. The Hall–Kier alpha value is -1.75. The van der Waals surface area contributed by atoms with E-state index < -0.39 is 0 Å². The van der Waals surface area contributed by atoms with Crippen LogP contribution in [-0.4, -0.2) is 51.2 Å². The molecule has 134 valence electrons. The molecule has 1 atom stereocenters. The molecule has 1 fully saturated rings. The molecule has 5 heteroatoms. The van der Waals surface area contributed by atoms with Crippen molar-refractivity contribution in [2.45, 2.75) is 38.6 Å². The summed E-state index contributed by atoms with van der Waals surface area (Å²) >= 11 is 0. The van der Waals surface area contributed by atoms with Gasteiger partial charge in [-0.2, -0.15) is 0 Å². The summed E-state index contributed by atoms with van der Waals surface area (Å²) in [7, 11) is 3.58. The largest absolute Gasteiger partial charge is 0.496 e. The van der Waals surface area contributed by atoms with Crippen LogP contribution in [0.5, 0.6) is 5.75 Å². The Balaban J connectivity index is 2.06. The summed E-state index contributed by atoms with van der Waals surface area (Å²) in [6, 6.07) is 8.65. The predicted octanol–water partition coefficient (Wildman–Crippen LogP) is 2.80. The maximum absolute atomic E-state index is 5.60. The van der Waals surface area contributed by atoms with Gasteiger partial charge in [-0.1, -0.05) is 31.5 Å². The third-order valence-corrected chi connectivity index (χ3v) is 4.59. The van der Waals surface area contributed by atoms with Gasteiger partial charge in [0.25, 0.3) is 0 Å². The molecule has 1 heterocycles. The number of benzene rings is 1. The smallest absolute Gasteiger partial charge is 0.191 e. The van der Waals surface area contributed by atoms with Crippen LogP contribution in [0.3, 0.4) is 0 Å². The van der Waals surface area contributed by atoms with Gasteiger partial charge in [0.15, 0.2) is 5.96 Å². The summed E-state index contributed by atoms with van der Waals surface area (Å²) in [4.78, 5) is 6.89. The highest BCUT2D eigenvalue weighted by Crippen LogP contribution is 2.31. The van der Waals surface area contributed by atoms with Gasteiger partial charge in [-0.3, -0.25) is 9.89 Å². The fourth-order valence-corrected chi connectivity index (χ4v) is 3.23. The van der Waals surface area contributed by atoms with Gasteiger partial charge < -0.3 is 15.4 Å². The third kappa shape index (κ3) is 5.13. The summed E-state index contributed by atoms with van der Waals surface area (Å²) in [5, 5.41) is 6.88. The Morgan fingerprint density at radius 2 is 2.00 bits per heavy atom. The first kappa shape index (κ1) is 18.6. The zero-order valence-corrected chi connectivity index (χ0v) is 15.3. The number of hydrogen-bond donors (Lipinski definition) is 2. The molecular weight excluding hydrogens is 300 g/mol. The standard InChI is InChI=1S/C19H32N4O/c1-4-5-12-21-19(20-2)22-15-17(23-13-8-9-14-23)16-10-6-7-11-18(16)24-3/h6-7,10-11,17H,4-5,8-9,12-15H2,1-3H3,(H2,20,21,22). The number of unbranched alkanes of at least 4 members (excludes halogenated alkanes) is 1. The molecule has 24 heavy (non-hydrogen) atoms. The van der Waals surface area contributed by atoms with E-state index in [-0.39, 0.29) is 0 Å². The zero-order chi connectivity index (χ0) is 17.2. The van der Waals surface area contributed by atoms with Crippen LogP contribution in [0.25, 0.3) is 0 Å². The highest BCUT2D eigenvalue weighted by Gasteiger charge is 2.25. The van der Waals surface area contributed by atoms with Gasteiger partial charge in [-0.15, -0.1) is 0 Å². The molecule has 1 aliphatic heterocycles. The van der Waals surface area contributed by atoms with Crippen molar-refractivity contribution >= 4 is 5.96 Å². The molecule has 0 saturated carbocycles. The maximum atomic E-state index is 5.60. The van der Waals surface area contributed by atoms with E-state index in [9.17, 15) is 0 Å². The Kier molecular flexibility index (Phi) is 7.89. The lowest BCUT2D eigenvalue weighted by Gasteiger charge is -2.30. The Morgan fingerprint density at radius 3 is 2.67 bits per heavy atom. The minimum Gasteiger partial charge on any atom is -0.496 e. The average Bonchev–Trinajstić information content (AvgIpc) is 3.15. The van der Waals surface area contributed by atoms with Gasteiger partial charge in [-0.05, 0) is 38.4 Å². The number of likely N-dealkylation sites (tertiary alicyclic amines) is 1. The molecule has 0 spiro atoms. The van der Waals surface area contributed by atoms with Gasteiger partial charge >= 0.3 is 0 Å². The minimum atomic E-state index is 0.299. The lowest BCUT2D eigenvalue weighted by Crippen LogP contribution is -2.43. The van der Waals surface area contributed by atoms with E-state index in [4.69, 9.17) is 4.74 Å². The molecule has 0 bridgehead atoms. The molecule has 1 aromatic carbocycles. The monoisotopic (exact) mass is 332 g/mol. The molecule has 2 rings (SSSR count). The van der Waals surface area contributed by atoms with Gasteiger partial charge in [0.05, 0.1) is 13.2 Å². The number of para-hydroxylation sites is 1. The summed E-state index contributed by atoms with van der Waals surface area (Å²) in [6.45, 7) is 6.27. The van der Waals surface area contributed by atoms with Crippen molar-refractivity contribution in [3.05, 3.63) is 29.8 Å². The second-order valence-corrected chi connectivity index (χ2v) is 6.23. The number of methoxy groups -OCH3 is 1. The van der Waals surface area contributed by atoms with Gasteiger partial charge in [-0.25, -0.2) is 0 Å². The average molecular weight is 332 g/mol. The van der Waals surface area contributed by atoms with Crippen LogP contribution in [0.4, 0.5) is 0 Å². The maximum Gasteiger partial charge on any atom is 0.191 e. The van der Waals surface area contributed by atoms with Crippen molar-refractivity contribution in [3.8, 4) is 5.75 Å². The number of ether oxygens (including phenoxy) is 1. The van der Waals surface area contributed by atoms with E-state index in [1.807, 2.05) is 19.2 Å². The van der Waals surface area contributed by atoms with Crippen molar-refractivity contribution in [2.75, 3.05) is 40.3 Å². The van der Waals surface area contributed by atoms with Gasteiger partial charge in [0, 0.05) is 25.7 Å². The second kappa shape index (κ2) is 10.2. The van der Waals surface area contributed by atoms with Crippen LogP contribution in [0.1, 0.15) is 44.2 Å². The normalized spacial score (nSPS) is 16.9. The van der Waals surface area contributed by atoms with Gasteiger partial charge in [0.1, 0.15) is 5.75 Å². The highest BCUT2D eigenvalue weighted by atomic mass is 16.5. The van der Waals surface area contributed by atoms with Crippen molar-refractivity contribution in [2.24, 2.45) is 4.99 Å².